The van der Waals surface area contributed by atoms with E-state index in [-0.39, 0.29) is 5.91 Å². The van der Waals surface area contributed by atoms with Gasteiger partial charge in [0.05, 0.1) is 5.41 Å². The van der Waals surface area contributed by atoms with Gasteiger partial charge in [0.15, 0.2) is 0 Å². The van der Waals surface area contributed by atoms with Gasteiger partial charge in [-0.05, 0) is 31.0 Å². The summed E-state index contributed by atoms with van der Waals surface area (Å²) < 4.78 is 0. The Bertz CT molecular complexity index is 778. The Morgan fingerprint density at radius 3 is 2.72 bits per heavy atom. The van der Waals surface area contributed by atoms with Crippen molar-refractivity contribution in [1.82, 2.24) is 10.3 Å². The molecule has 1 unspecified atom stereocenters. The van der Waals surface area contributed by atoms with E-state index in [4.69, 9.17) is 0 Å². The number of hydrogen-bond donors (Lipinski definition) is 2. The van der Waals surface area contributed by atoms with Gasteiger partial charge in [-0.15, -0.1) is 0 Å². The average molecular weight is 339 g/mol. The molecule has 2 aromatic rings. The van der Waals surface area contributed by atoms with Gasteiger partial charge in [0.25, 0.3) is 5.91 Å². The molecular weight excluding hydrogens is 318 g/mol. The fourth-order valence-corrected chi connectivity index (χ4v) is 2.97. The van der Waals surface area contributed by atoms with Crippen LogP contribution in [-0.2, 0) is 11.3 Å². The summed E-state index contributed by atoms with van der Waals surface area (Å²) >= 11 is 0. The van der Waals surface area contributed by atoms with Crippen molar-refractivity contribution in [2.75, 3.05) is 18.0 Å². The number of anilines is 1. The van der Waals surface area contributed by atoms with Crippen molar-refractivity contribution in [2.45, 2.75) is 19.9 Å². The van der Waals surface area contributed by atoms with Gasteiger partial charge in [0.1, 0.15) is 5.69 Å². The Hall–Kier alpha value is -2.89. The molecule has 130 valence electrons. The molecule has 25 heavy (non-hydrogen) atoms. The molecule has 1 aliphatic rings. The standard InChI is InChI=1S/C19H21N3O3/c1-19(18(24)25)8-10-22(13-19)15-7-9-20-16(11-15)17(23)21-12-14-5-3-2-4-6-14/h2-7,9,11H,8,10,12-13H2,1H3,(H,21,23)(H,24,25). The molecule has 1 aliphatic heterocycles. The van der Waals surface area contributed by atoms with E-state index in [9.17, 15) is 14.7 Å². The minimum Gasteiger partial charge on any atom is -0.481 e. The zero-order valence-corrected chi connectivity index (χ0v) is 14.1. The van der Waals surface area contributed by atoms with E-state index in [2.05, 4.69) is 10.3 Å². The Labute approximate surface area is 146 Å². The van der Waals surface area contributed by atoms with Crippen molar-refractivity contribution in [2.24, 2.45) is 5.41 Å². The third kappa shape index (κ3) is 3.79. The van der Waals surface area contributed by atoms with E-state index < -0.39 is 11.4 Å². The van der Waals surface area contributed by atoms with E-state index in [1.54, 1.807) is 19.2 Å². The first-order valence-corrected chi connectivity index (χ1v) is 8.24. The van der Waals surface area contributed by atoms with Crippen LogP contribution in [-0.4, -0.2) is 35.1 Å². The van der Waals surface area contributed by atoms with E-state index in [0.29, 0.717) is 31.7 Å². The summed E-state index contributed by atoms with van der Waals surface area (Å²) in [7, 11) is 0. The van der Waals surface area contributed by atoms with Crippen LogP contribution in [0, 0.1) is 5.41 Å². The zero-order chi connectivity index (χ0) is 17.9. The number of aliphatic carboxylic acids is 1. The summed E-state index contributed by atoms with van der Waals surface area (Å²) in [6.45, 7) is 3.27. The van der Waals surface area contributed by atoms with Crippen LogP contribution >= 0.6 is 0 Å². The highest BCUT2D eigenvalue weighted by Crippen LogP contribution is 2.33. The highest BCUT2D eigenvalue weighted by molar-refractivity contribution is 5.93. The van der Waals surface area contributed by atoms with Crippen LogP contribution in [0.5, 0.6) is 0 Å². The quantitative estimate of drug-likeness (QED) is 0.873. The van der Waals surface area contributed by atoms with Crippen molar-refractivity contribution in [3.05, 3.63) is 59.9 Å². The average Bonchev–Trinajstić information content (AvgIpc) is 3.04. The van der Waals surface area contributed by atoms with Crippen molar-refractivity contribution in [3.8, 4) is 0 Å². The van der Waals surface area contributed by atoms with Crippen molar-refractivity contribution >= 4 is 17.6 Å². The summed E-state index contributed by atoms with van der Waals surface area (Å²) in [4.78, 5) is 29.9. The minimum atomic E-state index is -0.787. The van der Waals surface area contributed by atoms with E-state index in [0.717, 1.165) is 11.3 Å². The van der Waals surface area contributed by atoms with E-state index in [1.165, 1.54) is 0 Å². The number of carboxylic acid groups (broad SMARTS) is 1. The number of carboxylic acids is 1. The molecule has 1 amide bonds. The molecule has 1 aromatic heterocycles. The number of rotatable bonds is 5. The maximum absolute atomic E-state index is 12.3. The maximum atomic E-state index is 12.3. The normalized spacial score (nSPS) is 19.6. The molecule has 0 spiro atoms. The Morgan fingerprint density at radius 1 is 1.28 bits per heavy atom. The van der Waals surface area contributed by atoms with Crippen molar-refractivity contribution in [3.63, 3.8) is 0 Å². The lowest BCUT2D eigenvalue weighted by Gasteiger charge is -2.22. The molecule has 0 radical (unpaired) electrons. The molecule has 6 heteroatoms. The number of nitrogens with one attached hydrogen (secondary N) is 1. The third-order valence-corrected chi connectivity index (χ3v) is 4.63. The van der Waals surface area contributed by atoms with Gasteiger partial charge in [-0.2, -0.15) is 0 Å². The number of amides is 1. The molecule has 3 rings (SSSR count). The summed E-state index contributed by atoms with van der Waals surface area (Å²) in [5, 5.41) is 12.2. The second-order valence-corrected chi connectivity index (χ2v) is 6.60. The summed E-state index contributed by atoms with van der Waals surface area (Å²) in [6.07, 6.45) is 2.17. The van der Waals surface area contributed by atoms with Crippen LogP contribution in [0.4, 0.5) is 5.69 Å². The summed E-state index contributed by atoms with van der Waals surface area (Å²) in [5.74, 6) is -1.03. The second kappa shape index (κ2) is 6.93. The lowest BCUT2D eigenvalue weighted by Crippen LogP contribution is -2.32. The molecule has 1 atom stereocenters. The lowest BCUT2D eigenvalue weighted by atomic mass is 9.90. The number of carbonyl (C=O) groups is 2. The predicted molar refractivity (Wildman–Crippen MR) is 94.4 cm³/mol. The highest BCUT2D eigenvalue weighted by Gasteiger charge is 2.40. The maximum Gasteiger partial charge on any atom is 0.311 e. The van der Waals surface area contributed by atoms with Crippen LogP contribution < -0.4 is 10.2 Å². The van der Waals surface area contributed by atoms with Crippen molar-refractivity contribution in [1.29, 1.82) is 0 Å². The van der Waals surface area contributed by atoms with Gasteiger partial charge in [-0.1, -0.05) is 30.3 Å². The van der Waals surface area contributed by atoms with Crippen LogP contribution in [0.2, 0.25) is 0 Å². The summed E-state index contributed by atoms with van der Waals surface area (Å²) in [5.41, 5.74) is 1.42. The summed E-state index contributed by atoms with van der Waals surface area (Å²) in [6, 6.07) is 13.2. The minimum absolute atomic E-state index is 0.245. The molecule has 2 N–H and O–H groups in total. The Morgan fingerprint density at radius 2 is 2.04 bits per heavy atom. The monoisotopic (exact) mass is 339 g/mol. The highest BCUT2D eigenvalue weighted by atomic mass is 16.4. The molecule has 2 heterocycles. The lowest BCUT2D eigenvalue weighted by molar-refractivity contribution is -0.146. The molecular formula is C19H21N3O3. The van der Waals surface area contributed by atoms with Crippen LogP contribution in [0.1, 0.15) is 29.4 Å². The number of nitrogens with zero attached hydrogens (tertiary/aromatic N) is 2. The fourth-order valence-electron chi connectivity index (χ4n) is 2.97. The van der Waals surface area contributed by atoms with Gasteiger partial charge < -0.3 is 15.3 Å². The number of hydrogen-bond acceptors (Lipinski definition) is 4. The van der Waals surface area contributed by atoms with Crippen LogP contribution in [0.25, 0.3) is 0 Å². The van der Waals surface area contributed by atoms with Crippen molar-refractivity contribution < 1.29 is 14.7 Å². The largest absolute Gasteiger partial charge is 0.481 e. The predicted octanol–water partition coefficient (Wildman–Crippen LogP) is 2.31. The van der Waals surface area contributed by atoms with Gasteiger partial charge in [0.2, 0.25) is 0 Å². The van der Waals surface area contributed by atoms with Gasteiger partial charge in [-0.25, -0.2) is 0 Å². The molecule has 0 bridgehead atoms. The SMILES string of the molecule is CC1(C(=O)O)CCN(c2ccnc(C(=O)NCc3ccccc3)c2)C1. The number of benzene rings is 1. The second-order valence-electron chi connectivity index (χ2n) is 6.60. The fraction of sp³-hybridized carbons (Fsp3) is 0.316. The molecule has 0 aliphatic carbocycles. The smallest absolute Gasteiger partial charge is 0.311 e. The van der Waals surface area contributed by atoms with Gasteiger partial charge in [-0.3, -0.25) is 14.6 Å². The molecule has 1 saturated heterocycles. The molecule has 0 saturated carbocycles. The van der Waals surface area contributed by atoms with Gasteiger partial charge >= 0.3 is 5.97 Å². The Kier molecular flexibility index (Phi) is 4.70. The number of pyridine rings is 1. The molecule has 1 fully saturated rings. The Balaban J connectivity index is 1.67. The van der Waals surface area contributed by atoms with Crippen LogP contribution in [0.15, 0.2) is 48.7 Å². The molecule has 6 nitrogen and oxygen atoms in total. The van der Waals surface area contributed by atoms with E-state index >= 15 is 0 Å². The number of carbonyl (C=O) groups excluding carboxylic acids is 1. The van der Waals surface area contributed by atoms with Gasteiger partial charge in [0, 0.05) is 31.5 Å². The van der Waals surface area contributed by atoms with Crippen LogP contribution in [0.3, 0.4) is 0 Å². The first-order chi connectivity index (χ1) is 12.0. The first-order valence-electron chi connectivity index (χ1n) is 8.24. The van der Waals surface area contributed by atoms with E-state index in [1.807, 2.05) is 41.3 Å². The zero-order valence-electron chi connectivity index (χ0n) is 14.1. The molecule has 1 aromatic carbocycles. The topological polar surface area (TPSA) is 82.5 Å². The number of aromatic nitrogens is 1. The third-order valence-electron chi connectivity index (χ3n) is 4.63. The first kappa shape index (κ1) is 17.0.